The van der Waals surface area contributed by atoms with Crippen LogP contribution in [-0.2, 0) is 14.3 Å². The van der Waals surface area contributed by atoms with Crippen LogP contribution in [0, 0.1) is 5.41 Å². The maximum Gasteiger partial charge on any atom is 0.491 e. The van der Waals surface area contributed by atoms with Gasteiger partial charge in [-0.15, -0.1) is 0 Å². The topological polar surface area (TPSA) is 69.4 Å². The first-order valence-corrected chi connectivity index (χ1v) is 4.64. The van der Waals surface area contributed by atoms with E-state index in [1.54, 1.807) is 0 Å². The number of nitrogens with two attached hydrogens (primary N) is 1. The zero-order chi connectivity index (χ0) is 13.9. The lowest BCUT2D eigenvalue weighted by Crippen LogP contribution is -2.40. The number of esters is 2. The Labute approximate surface area is 95.1 Å². The van der Waals surface area contributed by atoms with Crippen molar-refractivity contribution in [3.05, 3.63) is 0 Å². The number of carbonyl (C=O) groups excluding carboxylic acids is 2. The van der Waals surface area contributed by atoms with Crippen LogP contribution in [0.4, 0.5) is 17.6 Å². The summed E-state index contributed by atoms with van der Waals surface area (Å²) in [4.78, 5) is 21.3. The molecule has 4 nitrogen and oxygen atoms in total. The van der Waals surface area contributed by atoms with Gasteiger partial charge in [0.05, 0.1) is 6.67 Å². The Morgan fingerprint density at radius 3 is 2.12 bits per heavy atom. The molecule has 0 aliphatic carbocycles. The van der Waals surface area contributed by atoms with Gasteiger partial charge in [-0.05, 0) is 11.8 Å². The molecule has 0 rings (SSSR count). The molecule has 0 radical (unpaired) electrons. The molecule has 0 aromatic carbocycles. The molecule has 1 unspecified atom stereocenters. The molecule has 0 aliphatic rings. The SMILES string of the molecule is CC(C)(CF)CC(N)C(=O)OC(=O)C(F)(F)F. The second-order valence-corrected chi connectivity index (χ2v) is 4.31. The van der Waals surface area contributed by atoms with Gasteiger partial charge in [0.1, 0.15) is 6.04 Å². The maximum absolute atomic E-state index is 12.4. The van der Waals surface area contributed by atoms with Crippen molar-refractivity contribution >= 4 is 11.9 Å². The van der Waals surface area contributed by atoms with Crippen molar-refractivity contribution in [1.82, 2.24) is 0 Å². The molecule has 2 N–H and O–H groups in total. The van der Waals surface area contributed by atoms with E-state index in [9.17, 15) is 27.2 Å². The Balaban J connectivity index is 4.39. The Kier molecular flexibility index (Phi) is 5.06. The second-order valence-electron chi connectivity index (χ2n) is 4.31. The predicted molar refractivity (Wildman–Crippen MR) is 49.5 cm³/mol. The van der Waals surface area contributed by atoms with Crippen molar-refractivity contribution < 1.29 is 31.9 Å². The molecule has 0 bridgehead atoms. The van der Waals surface area contributed by atoms with E-state index in [0.29, 0.717) is 0 Å². The first kappa shape index (κ1) is 15.8. The minimum atomic E-state index is -5.26. The zero-order valence-electron chi connectivity index (χ0n) is 9.31. The monoisotopic (exact) mass is 259 g/mol. The van der Waals surface area contributed by atoms with E-state index in [0.717, 1.165) is 0 Å². The first-order chi connectivity index (χ1) is 7.49. The lowest BCUT2D eigenvalue weighted by molar-refractivity contribution is -0.202. The number of alkyl halides is 4. The summed E-state index contributed by atoms with van der Waals surface area (Å²) < 4.78 is 51.2. The van der Waals surface area contributed by atoms with E-state index >= 15 is 0 Å². The Morgan fingerprint density at radius 2 is 1.76 bits per heavy atom. The third-order valence-corrected chi connectivity index (χ3v) is 1.86. The van der Waals surface area contributed by atoms with E-state index in [4.69, 9.17) is 5.73 Å². The molecule has 0 amide bonds. The largest absolute Gasteiger partial charge is 0.491 e. The molecule has 8 heteroatoms. The molecule has 0 saturated carbocycles. The van der Waals surface area contributed by atoms with Gasteiger partial charge < -0.3 is 10.5 Å². The summed E-state index contributed by atoms with van der Waals surface area (Å²) in [7, 11) is 0. The van der Waals surface area contributed by atoms with Crippen molar-refractivity contribution in [2.24, 2.45) is 11.1 Å². The average Bonchev–Trinajstić information content (AvgIpc) is 2.15. The summed E-state index contributed by atoms with van der Waals surface area (Å²) in [6.45, 7) is 2.07. The van der Waals surface area contributed by atoms with Crippen LogP contribution in [0.1, 0.15) is 20.3 Å². The highest BCUT2D eigenvalue weighted by atomic mass is 19.4. The van der Waals surface area contributed by atoms with Crippen LogP contribution in [-0.4, -0.2) is 30.8 Å². The van der Waals surface area contributed by atoms with Gasteiger partial charge in [0.2, 0.25) is 0 Å². The van der Waals surface area contributed by atoms with E-state index < -0.39 is 36.2 Å². The van der Waals surface area contributed by atoms with E-state index in [-0.39, 0.29) is 6.42 Å². The smallest absolute Gasteiger partial charge is 0.385 e. The average molecular weight is 259 g/mol. The van der Waals surface area contributed by atoms with Crippen molar-refractivity contribution in [3.63, 3.8) is 0 Å². The van der Waals surface area contributed by atoms with Gasteiger partial charge in [0, 0.05) is 0 Å². The lowest BCUT2D eigenvalue weighted by Gasteiger charge is -2.23. The van der Waals surface area contributed by atoms with Crippen LogP contribution in [0.25, 0.3) is 0 Å². The molecular weight excluding hydrogens is 246 g/mol. The van der Waals surface area contributed by atoms with Gasteiger partial charge in [-0.2, -0.15) is 13.2 Å². The van der Waals surface area contributed by atoms with Crippen molar-refractivity contribution in [2.45, 2.75) is 32.5 Å². The molecule has 0 aromatic heterocycles. The highest BCUT2D eigenvalue weighted by molar-refractivity contribution is 5.90. The van der Waals surface area contributed by atoms with Crippen LogP contribution in [0.15, 0.2) is 0 Å². The quantitative estimate of drug-likeness (QED) is 0.470. The third kappa shape index (κ3) is 5.62. The van der Waals surface area contributed by atoms with E-state index in [1.165, 1.54) is 13.8 Å². The van der Waals surface area contributed by atoms with Gasteiger partial charge in [0.25, 0.3) is 0 Å². The highest BCUT2D eigenvalue weighted by Crippen LogP contribution is 2.23. The Bertz CT molecular complexity index is 301. The summed E-state index contributed by atoms with van der Waals surface area (Å²) in [6.07, 6.45) is -5.49. The second kappa shape index (κ2) is 5.44. The molecule has 0 aromatic rings. The molecule has 100 valence electrons. The third-order valence-electron chi connectivity index (χ3n) is 1.86. The van der Waals surface area contributed by atoms with Crippen molar-refractivity contribution in [2.75, 3.05) is 6.67 Å². The van der Waals surface area contributed by atoms with Gasteiger partial charge in [-0.25, -0.2) is 9.59 Å². The normalized spacial score (nSPS) is 14.3. The minimum Gasteiger partial charge on any atom is -0.385 e. The summed E-state index contributed by atoms with van der Waals surface area (Å²) in [5.41, 5.74) is 4.24. The first-order valence-electron chi connectivity index (χ1n) is 4.64. The van der Waals surface area contributed by atoms with Crippen LogP contribution >= 0.6 is 0 Å². The van der Waals surface area contributed by atoms with Crippen molar-refractivity contribution in [3.8, 4) is 0 Å². The standard InChI is InChI=1S/C9H13F4NO3/c1-8(2,4-10)3-5(14)6(15)17-7(16)9(11,12)13/h5H,3-4,14H2,1-2H3. The fourth-order valence-electron chi connectivity index (χ4n) is 0.958. The molecule has 0 saturated heterocycles. The fraction of sp³-hybridized carbons (Fsp3) is 0.778. The molecule has 0 spiro atoms. The maximum atomic E-state index is 12.4. The van der Waals surface area contributed by atoms with Crippen LogP contribution in [0.2, 0.25) is 0 Å². The molecular formula is C9H13F4NO3. The molecule has 0 heterocycles. The van der Waals surface area contributed by atoms with Gasteiger partial charge >= 0.3 is 18.1 Å². The summed E-state index contributed by atoms with van der Waals surface area (Å²) >= 11 is 0. The molecule has 1 atom stereocenters. The minimum absolute atomic E-state index is 0.229. The van der Waals surface area contributed by atoms with Crippen LogP contribution in [0.5, 0.6) is 0 Å². The van der Waals surface area contributed by atoms with Gasteiger partial charge in [-0.3, -0.25) is 4.39 Å². The van der Waals surface area contributed by atoms with Gasteiger partial charge in [0.15, 0.2) is 0 Å². The molecule has 0 fully saturated rings. The molecule has 0 aliphatic heterocycles. The fourth-order valence-corrected chi connectivity index (χ4v) is 0.958. The number of carbonyl (C=O) groups is 2. The summed E-state index contributed by atoms with van der Waals surface area (Å²) in [5.74, 6) is -4.15. The number of ether oxygens (including phenoxy) is 1. The Hall–Kier alpha value is -1.18. The predicted octanol–water partition coefficient (Wildman–Crippen LogP) is 1.33. The number of halogens is 4. The summed E-state index contributed by atoms with van der Waals surface area (Å²) in [6, 6.07) is -1.48. The highest BCUT2D eigenvalue weighted by Gasteiger charge is 2.43. The van der Waals surface area contributed by atoms with Crippen molar-refractivity contribution in [1.29, 1.82) is 0 Å². The Morgan fingerprint density at radius 1 is 1.29 bits per heavy atom. The number of hydrogen-bond donors (Lipinski definition) is 1. The van der Waals surface area contributed by atoms with E-state index in [2.05, 4.69) is 4.74 Å². The zero-order valence-corrected chi connectivity index (χ0v) is 9.31. The number of rotatable bonds is 4. The van der Waals surface area contributed by atoms with E-state index in [1.807, 2.05) is 0 Å². The number of hydrogen-bond acceptors (Lipinski definition) is 4. The van der Waals surface area contributed by atoms with Crippen LogP contribution in [0.3, 0.4) is 0 Å². The van der Waals surface area contributed by atoms with Gasteiger partial charge in [-0.1, -0.05) is 13.8 Å². The molecule has 17 heavy (non-hydrogen) atoms. The van der Waals surface area contributed by atoms with Crippen LogP contribution < -0.4 is 5.73 Å². The summed E-state index contributed by atoms with van der Waals surface area (Å²) in [5, 5.41) is 0. The lowest BCUT2D eigenvalue weighted by atomic mass is 9.87.